The first-order valence-corrected chi connectivity index (χ1v) is 11.1. The number of nitrogens with two attached hydrogens (primary N) is 2. The number of rotatable bonds is 10. The zero-order valence-electron chi connectivity index (χ0n) is 19.6. The molecule has 1 atom stereocenters. The van der Waals surface area contributed by atoms with Crippen molar-refractivity contribution < 1.29 is 4.79 Å². The minimum Gasteiger partial charge on any atom is -0.330 e. The van der Waals surface area contributed by atoms with Crippen LogP contribution < -0.4 is 11.5 Å². The van der Waals surface area contributed by atoms with E-state index < -0.39 is 6.04 Å². The fourth-order valence-electron chi connectivity index (χ4n) is 3.64. The van der Waals surface area contributed by atoms with Crippen LogP contribution in [-0.2, 0) is 4.79 Å². The first-order valence-electron chi connectivity index (χ1n) is 11.1. The van der Waals surface area contributed by atoms with Gasteiger partial charge in [0.2, 0.25) is 0 Å². The van der Waals surface area contributed by atoms with Crippen LogP contribution in [0.2, 0.25) is 0 Å². The number of amides is 1. The van der Waals surface area contributed by atoms with Crippen molar-refractivity contribution in [2.24, 2.45) is 21.9 Å². The molecule has 0 bridgehead atoms. The van der Waals surface area contributed by atoms with E-state index in [4.69, 9.17) is 11.5 Å². The van der Waals surface area contributed by atoms with Crippen molar-refractivity contribution in [1.29, 1.82) is 0 Å². The van der Waals surface area contributed by atoms with Crippen LogP contribution in [-0.4, -0.2) is 24.7 Å². The maximum Gasteiger partial charge on any atom is 0.262 e. The Balaban J connectivity index is 2.60. The molecule has 0 radical (unpaired) electrons. The Bertz CT molecular complexity index is 748. The summed E-state index contributed by atoms with van der Waals surface area (Å²) < 4.78 is 0. The van der Waals surface area contributed by atoms with Crippen molar-refractivity contribution in [3.05, 3.63) is 58.7 Å². The lowest BCUT2D eigenvalue weighted by Gasteiger charge is -2.32. The molecule has 0 heterocycles. The van der Waals surface area contributed by atoms with Crippen LogP contribution in [0.1, 0.15) is 73.1 Å². The minimum atomic E-state index is -0.540. The molecule has 30 heavy (non-hydrogen) atoms. The Morgan fingerprint density at radius 2 is 1.87 bits per heavy atom. The quantitative estimate of drug-likeness (QED) is 0.280. The molecule has 1 aliphatic rings. The van der Waals surface area contributed by atoms with E-state index in [0.717, 1.165) is 18.4 Å². The maximum atomic E-state index is 11.9. The molecule has 0 saturated heterocycles. The summed E-state index contributed by atoms with van der Waals surface area (Å²) in [4.78, 5) is 15.8. The van der Waals surface area contributed by atoms with Crippen LogP contribution in [0.15, 0.2) is 63.7 Å². The van der Waals surface area contributed by atoms with E-state index in [0.29, 0.717) is 13.0 Å². The minimum absolute atomic E-state index is 0.262. The number of aliphatic imine (C=N–C) groups is 1. The molecule has 1 rings (SSSR count). The molecule has 4 N–H and O–H groups in total. The van der Waals surface area contributed by atoms with Gasteiger partial charge in [-0.05, 0) is 82.1 Å². The van der Waals surface area contributed by atoms with Gasteiger partial charge in [0, 0.05) is 6.21 Å². The first kappa shape index (κ1) is 26.0. The fraction of sp³-hybridized carbons (Fsp3) is 0.538. The number of carbonyl (C=O) groups excluding carboxylic acids is 1. The summed E-state index contributed by atoms with van der Waals surface area (Å²) in [6.45, 7) is 11.6. The number of unbranched alkanes of at least 4 members (excludes halogenated alkanes) is 1. The van der Waals surface area contributed by atoms with E-state index in [1.165, 1.54) is 42.2 Å². The van der Waals surface area contributed by atoms with Crippen LogP contribution in [0.3, 0.4) is 0 Å². The Hall–Kier alpha value is -2.04. The van der Waals surface area contributed by atoms with Gasteiger partial charge in [-0.15, -0.1) is 0 Å². The van der Waals surface area contributed by atoms with Crippen LogP contribution in [0, 0.1) is 5.41 Å². The molecule has 0 unspecified atom stereocenters. The lowest BCUT2D eigenvalue weighted by molar-refractivity contribution is -0.119. The second-order valence-corrected chi connectivity index (χ2v) is 8.95. The molecule has 1 aliphatic carbocycles. The van der Waals surface area contributed by atoms with Gasteiger partial charge in [0.1, 0.15) is 0 Å². The van der Waals surface area contributed by atoms with Gasteiger partial charge in [-0.1, -0.05) is 61.8 Å². The number of carbonyl (C=O) groups is 1. The zero-order chi connectivity index (χ0) is 22.6. The largest absolute Gasteiger partial charge is 0.330 e. The fourth-order valence-corrected chi connectivity index (χ4v) is 3.64. The van der Waals surface area contributed by atoms with Gasteiger partial charge in [-0.2, -0.15) is 0 Å². The van der Waals surface area contributed by atoms with Crippen LogP contribution in [0.25, 0.3) is 0 Å². The highest BCUT2D eigenvalue weighted by Crippen LogP contribution is 2.40. The molecule has 4 heteroatoms. The Labute approximate surface area is 183 Å². The SMILES string of the molecule is CC1=C(/C=C/C(C)=C/C=C/C(C)=C/C=NC(=O)[C@@H](N)CCCCN)C(C)(C)CCC1. The first-order chi connectivity index (χ1) is 14.2. The average Bonchev–Trinajstić information content (AvgIpc) is 2.67. The lowest BCUT2D eigenvalue weighted by atomic mass is 9.72. The molecule has 0 fully saturated rings. The van der Waals surface area contributed by atoms with Crippen molar-refractivity contribution in [2.75, 3.05) is 6.54 Å². The van der Waals surface area contributed by atoms with E-state index in [2.05, 4.69) is 50.9 Å². The molecule has 0 aromatic rings. The van der Waals surface area contributed by atoms with Gasteiger partial charge in [-0.25, -0.2) is 4.99 Å². The third-order valence-corrected chi connectivity index (χ3v) is 5.60. The van der Waals surface area contributed by atoms with Gasteiger partial charge >= 0.3 is 0 Å². The van der Waals surface area contributed by atoms with Gasteiger partial charge in [-0.3, -0.25) is 4.79 Å². The van der Waals surface area contributed by atoms with Crippen LogP contribution >= 0.6 is 0 Å². The molecule has 0 aromatic heterocycles. The summed E-state index contributed by atoms with van der Waals surface area (Å²) in [7, 11) is 0. The highest BCUT2D eigenvalue weighted by Gasteiger charge is 2.26. The smallest absolute Gasteiger partial charge is 0.262 e. The number of nitrogens with zero attached hydrogens (tertiary/aromatic N) is 1. The van der Waals surface area contributed by atoms with Gasteiger partial charge in [0.15, 0.2) is 0 Å². The lowest BCUT2D eigenvalue weighted by Crippen LogP contribution is -2.29. The standard InChI is InChI=1S/C26H41N3O/c1-20(14-15-23-22(3)12-9-17-26(23,4)5)10-8-11-21(2)16-19-29-25(30)24(28)13-6-7-18-27/h8,10-11,14-16,19,24H,6-7,9,12-13,17-18,27-28H2,1-5H3/b11-8+,15-14+,20-10+,21-16+,29-19?/t24-/m0/s1. The van der Waals surface area contributed by atoms with E-state index in [1.807, 2.05) is 25.2 Å². The highest BCUT2D eigenvalue weighted by molar-refractivity contribution is 5.92. The van der Waals surface area contributed by atoms with Crippen molar-refractivity contribution in [2.45, 2.75) is 79.2 Å². The van der Waals surface area contributed by atoms with E-state index in [9.17, 15) is 4.79 Å². The summed E-state index contributed by atoms with van der Waals surface area (Å²) >= 11 is 0. The number of hydrogen-bond acceptors (Lipinski definition) is 3. The zero-order valence-corrected chi connectivity index (χ0v) is 19.6. The van der Waals surface area contributed by atoms with E-state index >= 15 is 0 Å². The van der Waals surface area contributed by atoms with Gasteiger partial charge in [0.05, 0.1) is 6.04 Å². The second kappa shape index (κ2) is 13.3. The molecular formula is C26H41N3O. The topological polar surface area (TPSA) is 81.5 Å². The molecule has 0 spiro atoms. The maximum absolute atomic E-state index is 11.9. The molecule has 0 saturated carbocycles. The summed E-state index contributed by atoms with van der Waals surface area (Å²) in [5.41, 5.74) is 16.8. The van der Waals surface area contributed by atoms with E-state index in [-0.39, 0.29) is 11.3 Å². The number of allylic oxidation sites excluding steroid dienone is 10. The van der Waals surface area contributed by atoms with Crippen molar-refractivity contribution in [3.8, 4) is 0 Å². The third-order valence-electron chi connectivity index (χ3n) is 5.60. The summed E-state index contributed by atoms with van der Waals surface area (Å²) in [5, 5.41) is 0. The Kier molecular flexibility index (Phi) is 11.5. The normalized spacial score (nSPS) is 19.4. The molecule has 0 aromatic carbocycles. The molecule has 166 valence electrons. The predicted octanol–water partition coefficient (Wildman–Crippen LogP) is 5.57. The molecule has 4 nitrogen and oxygen atoms in total. The van der Waals surface area contributed by atoms with E-state index in [1.54, 1.807) is 0 Å². The van der Waals surface area contributed by atoms with Crippen molar-refractivity contribution in [1.82, 2.24) is 0 Å². The molecule has 0 aliphatic heterocycles. The summed E-state index contributed by atoms with van der Waals surface area (Å²) in [6.07, 6.45) is 20.0. The highest BCUT2D eigenvalue weighted by atomic mass is 16.1. The molecular weight excluding hydrogens is 370 g/mol. The third kappa shape index (κ3) is 9.64. The van der Waals surface area contributed by atoms with Crippen LogP contribution in [0.5, 0.6) is 0 Å². The van der Waals surface area contributed by atoms with Crippen molar-refractivity contribution in [3.63, 3.8) is 0 Å². The number of hydrogen-bond donors (Lipinski definition) is 2. The van der Waals surface area contributed by atoms with Crippen molar-refractivity contribution >= 4 is 12.1 Å². The summed E-state index contributed by atoms with van der Waals surface area (Å²) in [5.74, 6) is -0.281. The van der Waals surface area contributed by atoms with Crippen LogP contribution in [0.4, 0.5) is 0 Å². The average molecular weight is 412 g/mol. The Morgan fingerprint density at radius 3 is 2.53 bits per heavy atom. The molecule has 1 amide bonds. The monoisotopic (exact) mass is 411 g/mol. The summed E-state index contributed by atoms with van der Waals surface area (Å²) in [6, 6.07) is -0.540. The Morgan fingerprint density at radius 1 is 1.17 bits per heavy atom. The van der Waals surface area contributed by atoms with Gasteiger partial charge < -0.3 is 11.5 Å². The predicted molar refractivity (Wildman–Crippen MR) is 131 cm³/mol. The van der Waals surface area contributed by atoms with Gasteiger partial charge in [0.25, 0.3) is 5.91 Å². The second-order valence-electron chi connectivity index (χ2n) is 8.95.